The summed E-state index contributed by atoms with van der Waals surface area (Å²) in [6, 6.07) is 2.49. The van der Waals surface area contributed by atoms with Crippen LogP contribution in [0.2, 0.25) is 0 Å². The van der Waals surface area contributed by atoms with E-state index in [9.17, 15) is 12.8 Å². The number of hydrogen-bond acceptors (Lipinski definition) is 2. The van der Waals surface area contributed by atoms with Gasteiger partial charge in [-0.15, -0.1) is 0 Å². The summed E-state index contributed by atoms with van der Waals surface area (Å²) in [5.41, 5.74) is 0. The van der Waals surface area contributed by atoms with E-state index < -0.39 is 14.9 Å². The summed E-state index contributed by atoms with van der Waals surface area (Å²) in [5, 5.41) is 0. The van der Waals surface area contributed by atoms with Crippen molar-refractivity contribution in [3.8, 4) is 0 Å². The fourth-order valence-corrected chi connectivity index (χ4v) is 3.60. The number of hydrogen-bond donors (Lipinski definition) is 0. The lowest BCUT2D eigenvalue weighted by molar-refractivity contribution is 0.597. The molecular formula is C6H2BrClFIO2S. The van der Waals surface area contributed by atoms with E-state index in [0.717, 1.165) is 0 Å². The predicted molar refractivity (Wildman–Crippen MR) is 59.9 cm³/mol. The van der Waals surface area contributed by atoms with Gasteiger partial charge in [-0.25, -0.2) is 12.8 Å². The topological polar surface area (TPSA) is 34.1 Å². The molecule has 0 heterocycles. The Morgan fingerprint density at radius 3 is 2.46 bits per heavy atom. The van der Waals surface area contributed by atoms with Crippen LogP contribution in [0.3, 0.4) is 0 Å². The van der Waals surface area contributed by atoms with Gasteiger partial charge in [0.15, 0.2) is 0 Å². The van der Waals surface area contributed by atoms with Crippen molar-refractivity contribution in [3.05, 3.63) is 26.0 Å². The maximum atomic E-state index is 13.0. The van der Waals surface area contributed by atoms with Crippen LogP contribution >= 0.6 is 49.2 Å². The van der Waals surface area contributed by atoms with Gasteiger partial charge in [-0.3, -0.25) is 0 Å². The van der Waals surface area contributed by atoms with Gasteiger partial charge in [-0.2, -0.15) is 0 Å². The van der Waals surface area contributed by atoms with Gasteiger partial charge in [0.05, 0.1) is 4.47 Å². The molecule has 0 aliphatic heterocycles. The van der Waals surface area contributed by atoms with Gasteiger partial charge in [0.25, 0.3) is 9.05 Å². The number of rotatable bonds is 1. The molecule has 1 rings (SSSR count). The third-order valence-corrected chi connectivity index (χ3v) is 4.26. The zero-order valence-corrected chi connectivity index (χ0v) is 11.2. The Kier molecular flexibility index (Phi) is 3.59. The molecule has 0 saturated carbocycles. The van der Waals surface area contributed by atoms with Crippen molar-refractivity contribution in [1.82, 2.24) is 0 Å². The van der Waals surface area contributed by atoms with Crippen molar-refractivity contribution in [3.63, 3.8) is 0 Å². The second-order valence-corrected chi connectivity index (χ2v) is 6.71. The van der Waals surface area contributed by atoms with Gasteiger partial charge in [-0.1, -0.05) is 0 Å². The van der Waals surface area contributed by atoms with E-state index in [-0.39, 0.29) is 9.37 Å². The second kappa shape index (κ2) is 4.00. The molecule has 0 unspecified atom stereocenters. The van der Waals surface area contributed by atoms with Crippen LogP contribution in [0.1, 0.15) is 0 Å². The molecule has 1 aromatic carbocycles. The average Bonchev–Trinajstić information content (AvgIpc) is 1.94. The molecule has 0 N–H and O–H groups in total. The lowest BCUT2D eigenvalue weighted by Gasteiger charge is -2.02. The summed E-state index contributed by atoms with van der Waals surface area (Å²) < 4.78 is 35.2. The molecule has 0 radical (unpaired) electrons. The van der Waals surface area contributed by atoms with Crippen LogP contribution in [0.5, 0.6) is 0 Å². The van der Waals surface area contributed by atoms with Gasteiger partial charge < -0.3 is 0 Å². The highest BCUT2D eigenvalue weighted by Gasteiger charge is 2.18. The van der Waals surface area contributed by atoms with E-state index in [1.165, 1.54) is 12.1 Å². The lowest BCUT2D eigenvalue weighted by atomic mass is 10.3. The highest BCUT2D eigenvalue weighted by Crippen LogP contribution is 2.29. The van der Waals surface area contributed by atoms with Gasteiger partial charge in [0.2, 0.25) is 0 Å². The first kappa shape index (κ1) is 11.7. The van der Waals surface area contributed by atoms with Crippen molar-refractivity contribution < 1.29 is 12.8 Å². The Morgan fingerprint density at radius 2 is 2.00 bits per heavy atom. The first-order valence-corrected chi connectivity index (χ1v) is 7.09. The van der Waals surface area contributed by atoms with E-state index in [0.29, 0.717) is 3.57 Å². The molecule has 72 valence electrons. The van der Waals surface area contributed by atoms with Gasteiger partial charge >= 0.3 is 0 Å². The van der Waals surface area contributed by atoms with Crippen LogP contribution in [0.4, 0.5) is 4.39 Å². The maximum absolute atomic E-state index is 13.0. The minimum absolute atomic E-state index is 0.136. The standard InChI is InChI=1S/C6H2BrClFIO2S/c7-6-4(9)1-3(10)2-5(6)13(8,11)12/h1-2H. The largest absolute Gasteiger partial charge is 0.262 e. The molecule has 0 atom stereocenters. The van der Waals surface area contributed by atoms with Gasteiger partial charge in [0, 0.05) is 14.3 Å². The molecule has 0 saturated heterocycles. The maximum Gasteiger partial charge on any atom is 0.262 e. The molecule has 7 heteroatoms. The highest BCUT2D eigenvalue weighted by atomic mass is 127. The Morgan fingerprint density at radius 1 is 1.46 bits per heavy atom. The van der Waals surface area contributed by atoms with Crippen molar-refractivity contribution in [2.24, 2.45) is 0 Å². The predicted octanol–water partition coefficient (Wildman–Crippen LogP) is 3.12. The Bertz CT molecular complexity index is 448. The molecule has 0 spiro atoms. The first-order valence-electron chi connectivity index (χ1n) is 2.91. The molecule has 0 fully saturated rings. The van der Waals surface area contributed by atoms with Crippen LogP contribution < -0.4 is 0 Å². The number of benzene rings is 1. The normalized spacial score (nSPS) is 11.7. The number of halogens is 4. The van der Waals surface area contributed by atoms with E-state index in [1.807, 2.05) is 0 Å². The second-order valence-electron chi connectivity index (χ2n) is 2.14. The van der Waals surface area contributed by atoms with Crippen molar-refractivity contribution in [1.29, 1.82) is 0 Å². The van der Waals surface area contributed by atoms with Crippen LogP contribution in [0.25, 0.3) is 0 Å². The fourth-order valence-electron chi connectivity index (χ4n) is 0.710. The van der Waals surface area contributed by atoms with Crippen LogP contribution in [-0.2, 0) is 9.05 Å². The lowest BCUT2D eigenvalue weighted by Crippen LogP contribution is -1.95. The van der Waals surface area contributed by atoms with E-state index in [2.05, 4.69) is 15.9 Å². The van der Waals surface area contributed by atoms with E-state index in [1.54, 1.807) is 22.6 Å². The highest BCUT2D eigenvalue weighted by molar-refractivity contribution is 14.1. The van der Waals surface area contributed by atoms with Gasteiger partial charge in [0.1, 0.15) is 10.7 Å². The minimum atomic E-state index is -3.90. The van der Waals surface area contributed by atoms with Crippen molar-refractivity contribution in [2.75, 3.05) is 0 Å². The summed E-state index contributed by atoms with van der Waals surface area (Å²) in [4.78, 5) is -0.251. The molecule has 0 aromatic heterocycles. The van der Waals surface area contributed by atoms with Crippen LogP contribution in [0.15, 0.2) is 21.5 Å². The molecule has 0 aliphatic carbocycles. The Labute approximate surface area is 101 Å². The molecule has 2 nitrogen and oxygen atoms in total. The van der Waals surface area contributed by atoms with Crippen molar-refractivity contribution in [2.45, 2.75) is 4.90 Å². The van der Waals surface area contributed by atoms with Crippen molar-refractivity contribution >= 4 is 58.3 Å². The summed E-state index contributed by atoms with van der Waals surface area (Å²) in [5.74, 6) is -0.647. The molecule has 1 aromatic rings. The van der Waals surface area contributed by atoms with Gasteiger partial charge in [-0.05, 0) is 50.7 Å². The molecule has 0 bridgehead atoms. The Balaban J connectivity index is 3.56. The molecule has 0 aliphatic rings. The fraction of sp³-hybridized carbons (Fsp3) is 0. The third kappa shape index (κ3) is 2.77. The molecule has 13 heavy (non-hydrogen) atoms. The minimum Gasteiger partial charge on any atom is -0.207 e. The van der Waals surface area contributed by atoms with Crippen LogP contribution in [-0.4, -0.2) is 8.42 Å². The van der Waals surface area contributed by atoms with E-state index in [4.69, 9.17) is 10.7 Å². The molecule has 0 amide bonds. The molecular weight excluding hydrogens is 397 g/mol. The quantitative estimate of drug-likeness (QED) is 0.413. The van der Waals surface area contributed by atoms with E-state index >= 15 is 0 Å². The summed E-state index contributed by atoms with van der Waals surface area (Å²) >= 11 is 4.61. The smallest absolute Gasteiger partial charge is 0.207 e. The summed E-state index contributed by atoms with van der Waals surface area (Å²) in [6.07, 6.45) is 0. The third-order valence-electron chi connectivity index (χ3n) is 1.22. The SMILES string of the molecule is O=S(=O)(Cl)c1cc(I)cc(F)c1Br. The zero-order valence-electron chi connectivity index (χ0n) is 5.89. The zero-order chi connectivity index (χ0) is 10.2. The summed E-state index contributed by atoms with van der Waals surface area (Å²) in [6.45, 7) is 0. The average molecular weight is 399 g/mol. The Hall–Kier alpha value is 0.600. The monoisotopic (exact) mass is 398 g/mol. The van der Waals surface area contributed by atoms with Crippen LogP contribution in [0, 0.1) is 9.39 Å². The first-order chi connectivity index (χ1) is 5.82. The summed E-state index contributed by atoms with van der Waals surface area (Å²) in [7, 11) is 1.18.